The van der Waals surface area contributed by atoms with Crippen LogP contribution in [0.4, 0.5) is 4.79 Å². The largest absolute Gasteiger partial charge is 0.480 e. The molecule has 1 rings (SSSR count). The molecule has 0 radical (unpaired) electrons. The van der Waals surface area contributed by atoms with Crippen molar-refractivity contribution in [3.8, 4) is 0 Å². The summed E-state index contributed by atoms with van der Waals surface area (Å²) in [6, 6.07) is -0.985. The number of hydrogen-bond donors (Lipinski definition) is 2. The van der Waals surface area contributed by atoms with E-state index in [1.165, 1.54) is 0 Å². The van der Waals surface area contributed by atoms with E-state index in [-0.39, 0.29) is 19.1 Å². The molecule has 0 aromatic rings. The van der Waals surface area contributed by atoms with E-state index in [4.69, 9.17) is 14.9 Å². The van der Waals surface area contributed by atoms with Crippen LogP contribution < -0.4 is 0 Å². The Kier molecular flexibility index (Phi) is 5.36. The van der Waals surface area contributed by atoms with Gasteiger partial charge in [-0.15, -0.1) is 0 Å². The summed E-state index contributed by atoms with van der Waals surface area (Å²) in [6.45, 7) is 1.54. The van der Waals surface area contributed by atoms with E-state index in [9.17, 15) is 9.59 Å². The molecule has 2 N–H and O–H groups in total. The van der Waals surface area contributed by atoms with Gasteiger partial charge in [0.15, 0.2) is 0 Å². The number of amides is 1. The number of carbonyl (C=O) groups is 2. The molecular formula is C11H20N2O5. The molecule has 1 saturated heterocycles. The van der Waals surface area contributed by atoms with Gasteiger partial charge in [-0.2, -0.15) is 0 Å². The molecule has 1 heterocycles. The molecule has 0 saturated carbocycles. The predicted octanol–water partition coefficient (Wildman–Crippen LogP) is 0.160. The number of ether oxygens (including phenoxy) is 1. The van der Waals surface area contributed by atoms with Crippen LogP contribution in [0.1, 0.15) is 12.8 Å². The van der Waals surface area contributed by atoms with Gasteiger partial charge in [0.1, 0.15) is 6.04 Å². The highest BCUT2D eigenvalue weighted by Gasteiger charge is 2.40. The number of aliphatic carboxylic acids is 1. The van der Waals surface area contributed by atoms with Crippen molar-refractivity contribution in [1.29, 1.82) is 0 Å². The quantitative estimate of drug-likeness (QED) is 0.661. The molecule has 0 aliphatic carbocycles. The summed E-state index contributed by atoms with van der Waals surface area (Å²) in [4.78, 5) is 24.8. The van der Waals surface area contributed by atoms with Gasteiger partial charge in [-0.1, -0.05) is 0 Å². The first-order chi connectivity index (χ1) is 8.41. The highest BCUT2D eigenvalue weighted by Crippen LogP contribution is 2.20. The molecule has 1 fully saturated rings. The Morgan fingerprint density at radius 3 is 2.50 bits per heavy atom. The van der Waals surface area contributed by atoms with Gasteiger partial charge in [0.2, 0.25) is 0 Å². The number of likely N-dealkylation sites (tertiary alicyclic amines) is 1. The van der Waals surface area contributed by atoms with Crippen molar-refractivity contribution >= 4 is 12.1 Å². The average molecular weight is 260 g/mol. The molecular weight excluding hydrogens is 240 g/mol. The molecule has 104 valence electrons. The zero-order chi connectivity index (χ0) is 13.7. The van der Waals surface area contributed by atoms with E-state index >= 15 is 0 Å². The lowest BCUT2D eigenvalue weighted by atomic mass is 10.2. The Labute approximate surface area is 106 Å². The SMILES string of the molecule is CN(C)CCCOC1C[C@@H](C(=O)O)N(C(=O)O)C1. The van der Waals surface area contributed by atoms with Crippen molar-refractivity contribution in [3.63, 3.8) is 0 Å². The van der Waals surface area contributed by atoms with Gasteiger partial charge >= 0.3 is 12.1 Å². The van der Waals surface area contributed by atoms with Crippen LogP contribution in [0, 0.1) is 0 Å². The van der Waals surface area contributed by atoms with Crippen molar-refractivity contribution in [1.82, 2.24) is 9.80 Å². The highest BCUT2D eigenvalue weighted by atomic mass is 16.5. The molecule has 0 aromatic carbocycles. The monoisotopic (exact) mass is 260 g/mol. The van der Waals surface area contributed by atoms with Crippen LogP contribution in [0.15, 0.2) is 0 Å². The minimum absolute atomic E-state index is 0.133. The molecule has 7 nitrogen and oxygen atoms in total. The molecule has 0 spiro atoms. The van der Waals surface area contributed by atoms with E-state index < -0.39 is 18.1 Å². The van der Waals surface area contributed by atoms with Crippen molar-refractivity contribution in [2.75, 3.05) is 33.8 Å². The number of carboxylic acid groups (broad SMARTS) is 2. The van der Waals surface area contributed by atoms with E-state index in [1.54, 1.807) is 0 Å². The third-order valence-corrected chi connectivity index (χ3v) is 2.90. The topological polar surface area (TPSA) is 90.3 Å². The number of hydrogen-bond acceptors (Lipinski definition) is 4. The Hall–Kier alpha value is -1.34. The summed E-state index contributed by atoms with van der Waals surface area (Å²) < 4.78 is 5.52. The highest BCUT2D eigenvalue weighted by molar-refractivity contribution is 5.80. The molecule has 1 unspecified atom stereocenters. The van der Waals surface area contributed by atoms with Crippen molar-refractivity contribution in [2.45, 2.75) is 25.0 Å². The number of carboxylic acids is 1. The van der Waals surface area contributed by atoms with Crippen LogP contribution in [0.5, 0.6) is 0 Å². The zero-order valence-corrected chi connectivity index (χ0v) is 10.7. The molecule has 0 bridgehead atoms. The van der Waals surface area contributed by atoms with E-state index in [0.717, 1.165) is 17.9 Å². The van der Waals surface area contributed by atoms with Gasteiger partial charge < -0.3 is 19.8 Å². The Morgan fingerprint density at radius 1 is 1.39 bits per heavy atom. The smallest absolute Gasteiger partial charge is 0.408 e. The molecule has 7 heteroatoms. The number of rotatable bonds is 6. The fourth-order valence-electron chi connectivity index (χ4n) is 1.99. The fraction of sp³-hybridized carbons (Fsp3) is 0.818. The van der Waals surface area contributed by atoms with E-state index in [1.807, 2.05) is 19.0 Å². The predicted molar refractivity (Wildman–Crippen MR) is 63.7 cm³/mol. The van der Waals surface area contributed by atoms with Gasteiger partial charge in [-0.25, -0.2) is 9.59 Å². The van der Waals surface area contributed by atoms with Gasteiger partial charge in [-0.05, 0) is 27.1 Å². The van der Waals surface area contributed by atoms with E-state index in [2.05, 4.69) is 0 Å². The maximum atomic E-state index is 10.9. The standard InChI is InChI=1S/C11H20N2O5/c1-12(2)4-3-5-18-8-6-9(10(14)15)13(7-8)11(16)17/h8-9H,3-7H2,1-2H3,(H,14,15)(H,16,17)/t8?,9-/m0/s1. The van der Waals surface area contributed by atoms with Crippen LogP contribution in [-0.4, -0.2) is 78.0 Å². The lowest BCUT2D eigenvalue weighted by Crippen LogP contribution is -2.39. The Morgan fingerprint density at radius 2 is 2.06 bits per heavy atom. The summed E-state index contributed by atoms with van der Waals surface area (Å²) >= 11 is 0. The van der Waals surface area contributed by atoms with Crippen LogP contribution in [0.3, 0.4) is 0 Å². The summed E-state index contributed by atoms with van der Waals surface area (Å²) in [6.07, 6.45) is -0.455. The average Bonchev–Trinajstić information content (AvgIpc) is 2.68. The maximum absolute atomic E-state index is 10.9. The first-order valence-corrected chi connectivity index (χ1v) is 5.90. The molecule has 1 aliphatic rings. The minimum atomic E-state index is -1.21. The normalized spacial score (nSPS) is 23.6. The van der Waals surface area contributed by atoms with Gasteiger partial charge in [0, 0.05) is 13.0 Å². The second-order valence-corrected chi connectivity index (χ2v) is 4.67. The molecule has 2 atom stereocenters. The van der Waals surface area contributed by atoms with Crippen LogP contribution in [0.25, 0.3) is 0 Å². The first kappa shape index (κ1) is 14.7. The fourth-order valence-corrected chi connectivity index (χ4v) is 1.99. The molecule has 0 aromatic heterocycles. The zero-order valence-electron chi connectivity index (χ0n) is 10.7. The second kappa shape index (κ2) is 6.55. The molecule has 1 aliphatic heterocycles. The third kappa shape index (κ3) is 4.15. The molecule has 18 heavy (non-hydrogen) atoms. The second-order valence-electron chi connectivity index (χ2n) is 4.67. The Balaban J connectivity index is 2.37. The molecule has 1 amide bonds. The van der Waals surface area contributed by atoms with Gasteiger partial charge in [0.25, 0.3) is 0 Å². The van der Waals surface area contributed by atoms with Gasteiger partial charge in [-0.3, -0.25) is 4.90 Å². The van der Waals surface area contributed by atoms with Crippen LogP contribution >= 0.6 is 0 Å². The number of nitrogens with zero attached hydrogens (tertiary/aromatic N) is 2. The Bertz CT molecular complexity index is 286. The van der Waals surface area contributed by atoms with Crippen molar-refractivity contribution in [2.24, 2.45) is 0 Å². The van der Waals surface area contributed by atoms with Crippen LogP contribution in [0.2, 0.25) is 0 Å². The van der Waals surface area contributed by atoms with Crippen LogP contribution in [-0.2, 0) is 9.53 Å². The first-order valence-electron chi connectivity index (χ1n) is 5.90. The minimum Gasteiger partial charge on any atom is -0.480 e. The van der Waals surface area contributed by atoms with E-state index in [0.29, 0.717) is 6.61 Å². The summed E-state index contributed by atoms with van der Waals surface area (Å²) in [5, 5.41) is 17.8. The summed E-state index contributed by atoms with van der Waals surface area (Å²) in [7, 11) is 3.92. The lowest BCUT2D eigenvalue weighted by molar-refractivity contribution is -0.141. The van der Waals surface area contributed by atoms with Crippen molar-refractivity contribution in [3.05, 3.63) is 0 Å². The summed E-state index contributed by atoms with van der Waals surface area (Å²) in [5.74, 6) is -1.11. The van der Waals surface area contributed by atoms with Gasteiger partial charge in [0.05, 0.1) is 12.6 Å². The van der Waals surface area contributed by atoms with Crippen molar-refractivity contribution < 1.29 is 24.5 Å². The lowest BCUT2D eigenvalue weighted by Gasteiger charge is -2.16. The maximum Gasteiger partial charge on any atom is 0.408 e. The summed E-state index contributed by atoms with van der Waals surface area (Å²) in [5.41, 5.74) is 0. The third-order valence-electron chi connectivity index (χ3n) is 2.90.